The number of carbonyl (C=O) groups excluding carboxylic acids is 1. The standard InChI is InChI=1S/C12H12O2.C8H14O2.Na/c1-10(12(13)14)6-5-9-11-7-3-2-4-8-11;1-4-5-6-10-8(9)7(2)3;/h2-5,7-9H,1,6H2,(H,13,14);2,4-6H2,1,3H3;. The number of unbranched alkanes of at least 4 members (excludes halogenated alkanes) is 1. The van der Waals surface area contributed by atoms with Gasteiger partial charge in [0.2, 0.25) is 0 Å². The van der Waals surface area contributed by atoms with Gasteiger partial charge in [0, 0.05) is 40.7 Å². The maximum atomic E-state index is 10.7. The molecule has 0 saturated heterocycles. The third kappa shape index (κ3) is 14.4. The van der Waals surface area contributed by atoms with Crippen LogP contribution in [0.25, 0.3) is 6.08 Å². The van der Waals surface area contributed by atoms with Gasteiger partial charge in [-0.05, 0) is 25.3 Å². The van der Waals surface area contributed by atoms with Gasteiger partial charge in [-0.2, -0.15) is 0 Å². The van der Waals surface area contributed by atoms with Crippen LogP contribution in [-0.2, 0) is 14.3 Å². The van der Waals surface area contributed by atoms with Crippen LogP contribution < -0.4 is 0 Å². The summed E-state index contributed by atoms with van der Waals surface area (Å²) >= 11 is 0. The number of ether oxygens (including phenoxy) is 1. The molecule has 0 saturated carbocycles. The minimum Gasteiger partial charge on any atom is -0.478 e. The van der Waals surface area contributed by atoms with Crippen molar-refractivity contribution in [2.24, 2.45) is 0 Å². The van der Waals surface area contributed by atoms with Crippen LogP contribution in [-0.4, -0.2) is 53.2 Å². The summed E-state index contributed by atoms with van der Waals surface area (Å²) in [6.45, 7) is 11.1. The first-order valence-electron chi connectivity index (χ1n) is 7.83. The van der Waals surface area contributed by atoms with Gasteiger partial charge in [-0.25, -0.2) is 9.59 Å². The number of rotatable bonds is 8. The van der Waals surface area contributed by atoms with E-state index in [0.717, 1.165) is 18.4 Å². The van der Waals surface area contributed by atoms with E-state index in [2.05, 4.69) is 20.1 Å². The number of carbonyl (C=O) groups is 2. The molecule has 5 heteroatoms. The number of aliphatic carboxylic acids is 1. The molecule has 1 rings (SSSR count). The molecule has 131 valence electrons. The summed E-state index contributed by atoms with van der Waals surface area (Å²) in [4.78, 5) is 21.1. The fraction of sp³-hybridized carbons (Fsp3) is 0.300. The Morgan fingerprint density at radius 1 is 1.20 bits per heavy atom. The second kappa shape index (κ2) is 15.9. The number of esters is 1. The van der Waals surface area contributed by atoms with Gasteiger partial charge in [0.05, 0.1) is 6.61 Å². The molecule has 4 nitrogen and oxygen atoms in total. The van der Waals surface area contributed by atoms with E-state index in [-0.39, 0.29) is 41.1 Å². The van der Waals surface area contributed by atoms with E-state index in [1.54, 1.807) is 13.0 Å². The molecule has 1 aromatic carbocycles. The first-order chi connectivity index (χ1) is 11.4. The van der Waals surface area contributed by atoms with Crippen LogP contribution >= 0.6 is 0 Å². The number of hydrogen-bond donors (Lipinski definition) is 1. The molecule has 0 fully saturated rings. The van der Waals surface area contributed by atoms with Crippen molar-refractivity contribution < 1.29 is 19.4 Å². The summed E-state index contributed by atoms with van der Waals surface area (Å²) in [5.41, 5.74) is 1.74. The SMILES string of the molecule is C=C(C)C(=O)OCCCC.C=C(CC=Cc1ccccc1)C(=O)O.[Na]. The third-order valence-corrected chi connectivity index (χ3v) is 2.86. The Morgan fingerprint density at radius 3 is 2.28 bits per heavy atom. The summed E-state index contributed by atoms with van der Waals surface area (Å²) in [5, 5.41) is 8.55. The van der Waals surface area contributed by atoms with Crippen molar-refractivity contribution in [3.8, 4) is 0 Å². The van der Waals surface area contributed by atoms with Crippen molar-refractivity contribution in [3.63, 3.8) is 0 Å². The Bertz CT molecular complexity index is 577. The zero-order valence-electron chi connectivity index (χ0n) is 15.5. The van der Waals surface area contributed by atoms with E-state index < -0.39 is 5.97 Å². The van der Waals surface area contributed by atoms with Crippen molar-refractivity contribution >= 4 is 47.6 Å². The maximum Gasteiger partial charge on any atom is 0.333 e. The molecule has 0 amide bonds. The first-order valence-corrected chi connectivity index (χ1v) is 7.83. The van der Waals surface area contributed by atoms with Gasteiger partial charge in [-0.1, -0.05) is 69.0 Å². The Labute approximate surface area is 172 Å². The Morgan fingerprint density at radius 2 is 1.80 bits per heavy atom. The van der Waals surface area contributed by atoms with Crippen LogP contribution in [0.5, 0.6) is 0 Å². The average Bonchev–Trinajstić information content (AvgIpc) is 2.56. The van der Waals surface area contributed by atoms with Gasteiger partial charge >= 0.3 is 11.9 Å². The van der Waals surface area contributed by atoms with Crippen LogP contribution in [0, 0.1) is 0 Å². The van der Waals surface area contributed by atoms with Crippen LogP contribution in [0.4, 0.5) is 0 Å². The normalized spacial score (nSPS) is 9.36. The molecule has 0 aliphatic carbocycles. The molecule has 0 bridgehead atoms. The summed E-state index contributed by atoms with van der Waals surface area (Å²) in [6.07, 6.45) is 6.03. The monoisotopic (exact) mass is 353 g/mol. The molecule has 0 aliphatic rings. The van der Waals surface area contributed by atoms with Crippen molar-refractivity contribution in [2.45, 2.75) is 33.1 Å². The average molecular weight is 353 g/mol. The molecule has 0 unspecified atom stereocenters. The van der Waals surface area contributed by atoms with E-state index in [1.165, 1.54) is 0 Å². The summed E-state index contributed by atoms with van der Waals surface area (Å²) in [5.74, 6) is -1.23. The van der Waals surface area contributed by atoms with Gasteiger partial charge < -0.3 is 9.84 Å². The molecule has 1 radical (unpaired) electrons. The third-order valence-electron chi connectivity index (χ3n) is 2.86. The fourth-order valence-electron chi connectivity index (χ4n) is 1.42. The van der Waals surface area contributed by atoms with Crippen LogP contribution in [0.2, 0.25) is 0 Å². The second-order valence-electron chi connectivity index (χ2n) is 5.20. The molecule has 0 atom stereocenters. The van der Waals surface area contributed by atoms with E-state index in [1.807, 2.05) is 36.4 Å². The Balaban J connectivity index is 0. The smallest absolute Gasteiger partial charge is 0.333 e. The molecular formula is C20H26NaO4. The first kappa shape index (κ1) is 25.6. The van der Waals surface area contributed by atoms with Gasteiger partial charge in [0.1, 0.15) is 0 Å². The minimum absolute atomic E-state index is 0. The molecule has 1 N–H and O–H groups in total. The number of allylic oxidation sites excluding steroid dienone is 1. The molecule has 0 aliphatic heterocycles. The summed E-state index contributed by atoms with van der Waals surface area (Å²) in [7, 11) is 0. The molecular weight excluding hydrogens is 327 g/mol. The second-order valence-corrected chi connectivity index (χ2v) is 5.20. The quantitative estimate of drug-likeness (QED) is 0.328. The van der Waals surface area contributed by atoms with Crippen LogP contribution in [0.1, 0.15) is 38.7 Å². The van der Waals surface area contributed by atoms with Gasteiger partial charge in [-0.3, -0.25) is 0 Å². The molecule has 1 aromatic rings. The van der Waals surface area contributed by atoms with E-state index >= 15 is 0 Å². The van der Waals surface area contributed by atoms with Crippen molar-refractivity contribution in [2.75, 3.05) is 6.61 Å². The number of hydrogen-bond acceptors (Lipinski definition) is 3. The molecule has 0 aromatic heterocycles. The predicted molar refractivity (Wildman–Crippen MR) is 103 cm³/mol. The zero-order valence-corrected chi connectivity index (χ0v) is 17.5. The Kier molecular flexibility index (Phi) is 16.3. The number of carboxylic acid groups (broad SMARTS) is 1. The minimum atomic E-state index is -0.942. The molecule has 0 spiro atoms. The van der Waals surface area contributed by atoms with Crippen LogP contribution in [0.3, 0.4) is 0 Å². The number of carboxylic acids is 1. The largest absolute Gasteiger partial charge is 0.478 e. The maximum absolute atomic E-state index is 10.7. The number of benzene rings is 1. The van der Waals surface area contributed by atoms with E-state index in [4.69, 9.17) is 9.84 Å². The topological polar surface area (TPSA) is 63.6 Å². The summed E-state index contributed by atoms with van der Waals surface area (Å²) < 4.78 is 4.81. The van der Waals surface area contributed by atoms with Crippen molar-refractivity contribution in [1.29, 1.82) is 0 Å². The van der Waals surface area contributed by atoms with Gasteiger partial charge in [0.25, 0.3) is 0 Å². The fourth-order valence-corrected chi connectivity index (χ4v) is 1.42. The Hall–Kier alpha value is -1.62. The van der Waals surface area contributed by atoms with E-state index in [9.17, 15) is 9.59 Å². The molecule has 25 heavy (non-hydrogen) atoms. The van der Waals surface area contributed by atoms with Crippen LogP contribution in [0.15, 0.2) is 60.7 Å². The summed E-state index contributed by atoms with van der Waals surface area (Å²) in [6, 6.07) is 9.73. The van der Waals surface area contributed by atoms with E-state index in [0.29, 0.717) is 18.6 Å². The van der Waals surface area contributed by atoms with Crippen molar-refractivity contribution in [3.05, 3.63) is 66.3 Å². The predicted octanol–water partition coefficient (Wildman–Crippen LogP) is 4.26. The molecule has 0 heterocycles. The van der Waals surface area contributed by atoms with Gasteiger partial charge in [0.15, 0.2) is 0 Å². The van der Waals surface area contributed by atoms with Crippen molar-refractivity contribution in [1.82, 2.24) is 0 Å². The van der Waals surface area contributed by atoms with Gasteiger partial charge in [-0.15, -0.1) is 0 Å². The zero-order chi connectivity index (χ0) is 18.4.